The van der Waals surface area contributed by atoms with Crippen molar-refractivity contribution < 1.29 is 0 Å². The second-order valence-corrected chi connectivity index (χ2v) is 5.68. The molecule has 3 heteroatoms. The highest BCUT2D eigenvalue weighted by Crippen LogP contribution is 2.17. The van der Waals surface area contributed by atoms with Gasteiger partial charge in [-0.1, -0.05) is 34.1 Å². The Bertz CT molecular complexity index is 422. The second kappa shape index (κ2) is 5.62. The number of nitrogens with one attached hydrogen (secondary N) is 1. The second-order valence-electron chi connectivity index (χ2n) is 3.73. The Kier molecular flexibility index (Phi) is 4.16. The van der Waals surface area contributed by atoms with Crippen molar-refractivity contribution in [1.82, 2.24) is 5.32 Å². The summed E-state index contributed by atoms with van der Waals surface area (Å²) in [5, 5.41) is 5.63. The lowest BCUT2D eigenvalue weighted by Gasteiger charge is -2.13. The van der Waals surface area contributed by atoms with Crippen LogP contribution in [0.4, 0.5) is 0 Å². The highest BCUT2D eigenvalue weighted by Gasteiger charge is 2.04. The van der Waals surface area contributed by atoms with Gasteiger partial charge in [0.25, 0.3) is 0 Å². The molecule has 16 heavy (non-hydrogen) atoms. The predicted molar refractivity (Wildman–Crippen MR) is 73.7 cm³/mol. The van der Waals surface area contributed by atoms with E-state index in [1.165, 1.54) is 10.4 Å². The monoisotopic (exact) mass is 295 g/mol. The van der Waals surface area contributed by atoms with Crippen LogP contribution in [0.1, 0.15) is 23.4 Å². The number of benzene rings is 1. The molecular weight excluding hydrogens is 282 g/mol. The van der Waals surface area contributed by atoms with Crippen LogP contribution in [0.25, 0.3) is 0 Å². The Morgan fingerprint density at radius 3 is 2.62 bits per heavy atom. The molecule has 0 unspecified atom stereocenters. The van der Waals surface area contributed by atoms with E-state index < -0.39 is 0 Å². The van der Waals surface area contributed by atoms with Gasteiger partial charge in [-0.05, 0) is 36.1 Å². The molecule has 0 aliphatic rings. The SMILES string of the molecule is C[C@H](NCc1cccs1)c1ccc(Br)cc1. The first-order valence-electron chi connectivity index (χ1n) is 5.27. The Morgan fingerprint density at radius 2 is 2.00 bits per heavy atom. The van der Waals surface area contributed by atoms with Crippen molar-refractivity contribution in [3.8, 4) is 0 Å². The van der Waals surface area contributed by atoms with E-state index in [0.29, 0.717) is 6.04 Å². The highest BCUT2D eigenvalue weighted by atomic mass is 79.9. The van der Waals surface area contributed by atoms with E-state index in [-0.39, 0.29) is 0 Å². The summed E-state index contributed by atoms with van der Waals surface area (Å²) in [6, 6.07) is 13.1. The van der Waals surface area contributed by atoms with E-state index in [9.17, 15) is 0 Å². The third kappa shape index (κ3) is 3.17. The van der Waals surface area contributed by atoms with Crippen LogP contribution in [-0.4, -0.2) is 0 Å². The van der Waals surface area contributed by atoms with Crippen molar-refractivity contribution in [2.75, 3.05) is 0 Å². The number of hydrogen-bond donors (Lipinski definition) is 1. The minimum Gasteiger partial charge on any atom is -0.305 e. The van der Waals surface area contributed by atoms with Crippen molar-refractivity contribution in [3.63, 3.8) is 0 Å². The molecule has 1 heterocycles. The summed E-state index contributed by atoms with van der Waals surface area (Å²) in [6.45, 7) is 3.13. The molecule has 0 radical (unpaired) electrons. The summed E-state index contributed by atoms with van der Waals surface area (Å²) in [6.07, 6.45) is 0. The lowest BCUT2D eigenvalue weighted by molar-refractivity contribution is 0.579. The largest absolute Gasteiger partial charge is 0.305 e. The minimum atomic E-state index is 0.384. The van der Waals surface area contributed by atoms with E-state index >= 15 is 0 Å². The van der Waals surface area contributed by atoms with Crippen molar-refractivity contribution >= 4 is 27.3 Å². The fourth-order valence-electron chi connectivity index (χ4n) is 1.54. The predicted octanol–water partition coefficient (Wildman–Crippen LogP) is 4.36. The van der Waals surface area contributed by atoms with Crippen LogP contribution in [0, 0.1) is 0 Å². The third-order valence-electron chi connectivity index (χ3n) is 2.53. The van der Waals surface area contributed by atoms with Gasteiger partial charge >= 0.3 is 0 Å². The van der Waals surface area contributed by atoms with E-state index in [4.69, 9.17) is 0 Å². The van der Waals surface area contributed by atoms with Crippen LogP contribution >= 0.6 is 27.3 Å². The van der Waals surface area contributed by atoms with E-state index in [2.05, 4.69) is 69.9 Å². The minimum absolute atomic E-state index is 0.384. The van der Waals surface area contributed by atoms with Gasteiger partial charge in [-0.25, -0.2) is 0 Å². The summed E-state index contributed by atoms with van der Waals surface area (Å²) >= 11 is 5.24. The Balaban J connectivity index is 1.93. The smallest absolute Gasteiger partial charge is 0.0305 e. The maximum Gasteiger partial charge on any atom is 0.0305 e. The number of rotatable bonds is 4. The van der Waals surface area contributed by atoms with Crippen LogP contribution < -0.4 is 5.32 Å². The summed E-state index contributed by atoms with van der Waals surface area (Å²) in [5.41, 5.74) is 1.32. The number of thiophene rings is 1. The van der Waals surface area contributed by atoms with Crippen molar-refractivity contribution in [2.45, 2.75) is 19.5 Å². The first-order chi connectivity index (χ1) is 7.75. The van der Waals surface area contributed by atoms with Gasteiger partial charge in [-0.3, -0.25) is 0 Å². The van der Waals surface area contributed by atoms with Gasteiger partial charge in [-0.2, -0.15) is 0 Å². The summed E-state index contributed by atoms with van der Waals surface area (Å²) in [5.74, 6) is 0. The molecule has 0 saturated carbocycles. The fraction of sp³-hybridized carbons (Fsp3) is 0.231. The van der Waals surface area contributed by atoms with Crippen LogP contribution in [-0.2, 0) is 6.54 Å². The van der Waals surface area contributed by atoms with E-state index in [0.717, 1.165) is 11.0 Å². The molecule has 2 rings (SSSR count). The molecule has 1 atom stereocenters. The Labute approximate surface area is 109 Å². The summed E-state index contributed by atoms with van der Waals surface area (Å²) in [4.78, 5) is 1.38. The Morgan fingerprint density at radius 1 is 1.25 bits per heavy atom. The molecule has 0 saturated heterocycles. The fourth-order valence-corrected chi connectivity index (χ4v) is 2.46. The number of halogens is 1. The van der Waals surface area contributed by atoms with Gasteiger partial charge in [0.2, 0.25) is 0 Å². The number of hydrogen-bond acceptors (Lipinski definition) is 2. The zero-order chi connectivity index (χ0) is 11.4. The molecule has 0 amide bonds. The zero-order valence-corrected chi connectivity index (χ0v) is 11.5. The van der Waals surface area contributed by atoms with Gasteiger partial charge in [0, 0.05) is 21.9 Å². The quantitative estimate of drug-likeness (QED) is 0.884. The van der Waals surface area contributed by atoms with Crippen molar-refractivity contribution in [2.24, 2.45) is 0 Å². The molecule has 0 aliphatic carbocycles. The molecule has 0 bridgehead atoms. The highest BCUT2D eigenvalue weighted by molar-refractivity contribution is 9.10. The van der Waals surface area contributed by atoms with Gasteiger partial charge in [0.1, 0.15) is 0 Å². The Hall–Kier alpha value is -0.640. The zero-order valence-electron chi connectivity index (χ0n) is 9.11. The van der Waals surface area contributed by atoms with Crippen LogP contribution in [0.5, 0.6) is 0 Å². The third-order valence-corrected chi connectivity index (χ3v) is 3.94. The molecule has 0 aliphatic heterocycles. The van der Waals surface area contributed by atoms with E-state index in [1.54, 1.807) is 11.3 Å². The lowest BCUT2D eigenvalue weighted by atomic mass is 10.1. The van der Waals surface area contributed by atoms with Crippen molar-refractivity contribution in [1.29, 1.82) is 0 Å². The summed E-state index contributed by atoms with van der Waals surface area (Å²) < 4.78 is 1.13. The topological polar surface area (TPSA) is 12.0 Å². The summed E-state index contributed by atoms with van der Waals surface area (Å²) in [7, 11) is 0. The first kappa shape index (κ1) is 11.8. The van der Waals surface area contributed by atoms with Crippen LogP contribution in [0.2, 0.25) is 0 Å². The van der Waals surface area contributed by atoms with Crippen molar-refractivity contribution in [3.05, 3.63) is 56.7 Å². The average molecular weight is 296 g/mol. The molecule has 2 aromatic rings. The van der Waals surface area contributed by atoms with Gasteiger partial charge in [0.05, 0.1) is 0 Å². The molecule has 1 N–H and O–H groups in total. The molecule has 84 valence electrons. The molecule has 0 spiro atoms. The standard InChI is InChI=1S/C13H14BrNS/c1-10(11-4-6-12(14)7-5-11)15-9-13-3-2-8-16-13/h2-8,10,15H,9H2,1H3/t10-/m0/s1. The maximum atomic E-state index is 3.52. The molecular formula is C13H14BrNS. The first-order valence-corrected chi connectivity index (χ1v) is 6.94. The normalized spacial score (nSPS) is 12.6. The van der Waals surface area contributed by atoms with E-state index in [1.807, 2.05) is 0 Å². The van der Waals surface area contributed by atoms with Crippen LogP contribution in [0.3, 0.4) is 0 Å². The van der Waals surface area contributed by atoms with Crippen LogP contribution in [0.15, 0.2) is 46.3 Å². The molecule has 1 aromatic heterocycles. The molecule has 0 fully saturated rings. The average Bonchev–Trinajstić information content (AvgIpc) is 2.80. The molecule has 1 aromatic carbocycles. The lowest BCUT2D eigenvalue weighted by Crippen LogP contribution is -2.17. The maximum absolute atomic E-state index is 3.52. The van der Waals surface area contributed by atoms with Gasteiger partial charge < -0.3 is 5.32 Å². The van der Waals surface area contributed by atoms with Gasteiger partial charge in [-0.15, -0.1) is 11.3 Å². The molecule has 1 nitrogen and oxygen atoms in total. The van der Waals surface area contributed by atoms with Gasteiger partial charge in [0.15, 0.2) is 0 Å².